The standard InChI is InChI=1S/C16H19ClN2S/c1-11-10-20-15(18-11)16(2,19-14-7-8-14)9-12-3-5-13(17)6-4-12/h3-6,10,14,19H,7-9H2,1-2H3. The van der Waals surface area contributed by atoms with Gasteiger partial charge in [-0.2, -0.15) is 0 Å². The maximum Gasteiger partial charge on any atom is 0.113 e. The molecule has 0 spiro atoms. The third-order valence-corrected chi connectivity index (χ3v) is 5.14. The third-order valence-electron chi connectivity index (χ3n) is 3.66. The van der Waals surface area contributed by atoms with Gasteiger partial charge < -0.3 is 5.32 Å². The van der Waals surface area contributed by atoms with Crippen molar-refractivity contribution in [2.24, 2.45) is 0 Å². The zero-order chi connectivity index (χ0) is 14.2. The zero-order valence-corrected chi connectivity index (χ0v) is 13.4. The first kappa shape index (κ1) is 14.1. The number of nitrogens with zero attached hydrogens (tertiary/aromatic N) is 1. The van der Waals surface area contributed by atoms with Crippen LogP contribution >= 0.6 is 22.9 Å². The molecular weight excluding hydrogens is 288 g/mol. The Morgan fingerprint density at radius 1 is 1.35 bits per heavy atom. The first-order chi connectivity index (χ1) is 9.55. The second kappa shape index (κ2) is 5.47. The number of aryl methyl sites for hydroxylation is 1. The van der Waals surface area contributed by atoms with Crippen LogP contribution < -0.4 is 5.32 Å². The fourth-order valence-corrected chi connectivity index (χ4v) is 3.53. The molecule has 4 heteroatoms. The van der Waals surface area contributed by atoms with Crippen LogP contribution in [-0.2, 0) is 12.0 Å². The molecule has 106 valence electrons. The molecule has 1 aliphatic carbocycles. The predicted molar refractivity (Wildman–Crippen MR) is 85.5 cm³/mol. The fraction of sp³-hybridized carbons (Fsp3) is 0.438. The molecule has 1 aliphatic rings. The Morgan fingerprint density at radius 2 is 2.05 bits per heavy atom. The quantitative estimate of drug-likeness (QED) is 0.890. The summed E-state index contributed by atoms with van der Waals surface area (Å²) in [6, 6.07) is 8.78. The number of aromatic nitrogens is 1. The SMILES string of the molecule is Cc1csc(C(C)(Cc2ccc(Cl)cc2)NC2CC2)n1. The Morgan fingerprint density at radius 3 is 2.60 bits per heavy atom. The van der Waals surface area contributed by atoms with Gasteiger partial charge in [0, 0.05) is 22.1 Å². The van der Waals surface area contributed by atoms with Crippen LogP contribution in [0.5, 0.6) is 0 Å². The van der Waals surface area contributed by atoms with E-state index in [1.165, 1.54) is 23.4 Å². The summed E-state index contributed by atoms with van der Waals surface area (Å²) in [5.41, 5.74) is 2.30. The molecule has 0 bridgehead atoms. The van der Waals surface area contributed by atoms with Crippen molar-refractivity contribution in [2.75, 3.05) is 0 Å². The highest BCUT2D eigenvalue weighted by atomic mass is 35.5. The van der Waals surface area contributed by atoms with E-state index in [9.17, 15) is 0 Å². The maximum atomic E-state index is 5.97. The summed E-state index contributed by atoms with van der Waals surface area (Å²) in [5.74, 6) is 0. The Kier molecular flexibility index (Phi) is 3.85. The van der Waals surface area contributed by atoms with Crippen LogP contribution in [0.25, 0.3) is 0 Å². The number of hydrogen-bond acceptors (Lipinski definition) is 3. The summed E-state index contributed by atoms with van der Waals surface area (Å²) >= 11 is 7.72. The zero-order valence-electron chi connectivity index (χ0n) is 11.8. The molecule has 1 atom stereocenters. The van der Waals surface area contributed by atoms with Crippen molar-refractivity contribution in [2.45, 2.75) is 44.7 Å². The first-order valence-corrected chi connectivity index (χ1v) is 8.26. The van der Waals surface area contributed by atoms with Gasteiger partial charge in [-0.1, -0.05) is 23.7 Å². The van der Waals surface area contributed by atoms with Gasteiger partial charge in [0.2, 0.25) is 0 Å². The largest absolute Gasteiger partial charge is 0.303 e. The first-order valence-electron chi connectivity index (χ1n) is 7.00. The molecule has 1 N–H and O–H groups in total. The van der Waals surface area contributed by atoms with Gasteiger partial charge in [0.25, 0.3) is 0 Å². The molecule has 1 fully saturated rings. The van der Waals surface area contributed by atoms with E-state index >= 15 is 0 Å². The van der Waals surface area contributed by atoms with Gasteiger partial charge in [-0.15, -0.1) is 11.3 Å². The third kappa shape index (κ3) is 3.22. The number of halogens is 1. The Balaban J connectivity index is 1.86. The normalized spacial score (nSPS) is 17.9. The van der Waals surface area contributed by atoms with E-state index in [4.69, 9.17) is 16.6 Å². The minimum Gasteiger partial charge on any atom is -0.303 e. The second-order valence-corrected chi connectivity index (χ2v) is 7.14. The van der Waals surface area contributed by atoms with Crippen molar-refractivity contribution < 1.29 is 0 Å². The van der Waals surface area contributed by atoms with Crippen LogP contribution in [0, 0.1) is 6.92 Å². The molecule has 2 nitrogen and oxygen atoms in total. The molecule has 0 radical (unpaired) electrons. The lowest BCUT2D eigenvalue weighted by Crippen LogP contribution is -2.42. The summed E-state index contributed by atoms with van der Waals surface area (Å²) in [5, 5.41) is 7.87. The van der Waals surface area contributed by atoms with E-state index in [0.717, 1.165) is 17.1 Å². The summed E-state index contributed by atoms with van der Waals surface area (Å²) < 4.78 is 0. The molecule has 0 amide bonds. The summed E-state index contributed by atoms with van der Waals surface area (Å²) in [6.07, 6.45) is 3.49. The van der Waals surface area contributed by atoms with Gasteiger partial charge in [-0.05, 0) is 50.8 Å². The lowest BCUT2D eigenvalue weighted by atomic mass is 9.93. The van der Waals surface area contributed by atoms with Crippen LogP contribution in [0.15, 0.2) is 29.6 Å². The number of rotatable bonds is 5. The highest BCUT2D eigenvalue weighted by Crippen LogP contribution is 2.33. The number of nitrogens with one attached hydrogen (secondary N) is 1. The smallest absolute Gasteiger partial charge is 0.113 e. The highest BCUT2D eigenvalue weighted by molar-refractivity contribution is 7.09. The number of thiazole rings is 1. The molecule has 20 heavy (non-hydrogen) atoms. The van der Waals surface area contributed by atoms with Crippen LogP contribution in [0.4, 0.5) is 0 Å². The van der Waals surface area contributed by atoms with E-state index in [2.05, 4.69) is 36.7 Å². The van der Waals surface area contributed by atoms with E-state index in [1.807, 2.05) is 12.1 Å². The van der Waals surface area contributed by atoms with Crippen molar-refractivity contribution in [3.63, 3.8) is 0 Å². The summed E-state index contributed by atoms with van der Waals surface area (Å²) in [4.78, 5) is 4.71. The lowest BCUT2D eigenvalue weighted by Gasteiger charge is -2.29. The van der Waals surface area contributed by atoms with Gasteiger partial charge in [0.15, 0.2) is 0 Å². The molecule has 1 aromatic heterocycles. The van der Waals surface area contributed by atoms with Gasteiger partial charge in [-0.25, -0.2) is 4.98 Å². The predicted octanol–water partition coefficient (Wildman–Crippen LogP) is 4.31. The monoisotopic (exact) mass is 306 g/mol. The van der Waals surface area contributed by atoms with Crippen molar-refractivity contribution in [1.29, 1.82) is 0 Å². The van der Waals surface area contributed by atoms with E-state index in [-0.39, 0.29) is 5.54 Å². The number of hydrogen-bond donors (Lipinski definition) is 1. The second-order valence-electron chi connectivity index (χ2n) is 5.85. The van der Waals surface area contributed by atoms with Gasteiger partial charge in [-0.3, -0.25) is 0 Å². The van der Waals surface area contributed by atoms with Crippen LogP contribution in [0.1, 0.15) is 36.0 Å². The average molecular weight is 307 g/mol. The Bertz CT molecular complexity index is 589. The summed E-state index contributed by atoms with van der Waals surface area (Å²) in [6.45, 7) is 4.32. The number of benzene rings is 1. The molecule has 2 aromatic rings. The van der Waals surface area contributed by atoms with Crippen molar-refractivity contribution in [1.82, 2.24) is 10.3 Å². The molecule has 1 saturated carbocycles. The minimum atomic E-state index is -0.0894. The molecule has 1 heterocycles. The minimum absolute atomic E-state index is 0.0894. The fourth-order valence-electron chi connectivity index (χ4n) is 2.48. The molecule has 0 aliphatic heterocycles. The molecule has 3 rings (SSSR count). The van der Waals surface area contributed by atoms with E-state index < -0.39 is 0 Å². The van der Waals surface area contributed by atoms with E-state index in [1.54, 1.807) is 11.3 Å². The van der Waals surface area contributed by atoms with Crippen LogP contribution in [0.3, 0.4) is 0 Å². The molecule has 1 aromatic carbocycles. The highest BCUT2D eigenvalue weighted by Gasteiger charge is 2.36. The summed E-state index contributed by atoms with van der Waals surface area (Å²) in [7, 11) is 0. The Labute approximate surface area is 129 Å². The van der Waals surface area contributed by atoms with Gasteiger partial charge in [0.05, 0.1) is 5.54 Å². The van der Waals surface area contributed by atoms with Crippen molar-refractivity contribution >= 4 is 22.9 Å². The van der Waals surface area contributed by atoms with Gasteiger partial charge >= 0.3 is 0 Å². The molecule has 0 saturated heterocycles. The Hall–Kier alpha value is -0.900. The van der Waals surface area contributed by atoms with Crippen LogP contribution in [-0.4, -0.2) is 11.0 Å². The van der Waals surface area contributed by atoms with E-state index in [0.29, 0.717) is 6.04 Å². The van der Waals surface area contributed by atoms with Crippen molar-refractivity contribution in [3.8, 4) is 0 Å². The molecular formula is C16H19ClN2S. The average Bonchev–Trinajstić information content (AvgIpc) is 3.10. The lowest BCUT2D eigenvalue weighted by molar-refractivity contribution is 0.357. The molecule has 1 unspecified atom stereocenters. The topological polar surface area (TPSA) is 24.9 Å². The van der Waals surface area contributed by atoms with Crippen molar-refractivity contribution in [3.05, 3.63) is 50.9 Å². The maximum absolute atomic E-state index is 5.97. The van der Waals surface area contributed by atoms with Crippen LogP contribution in [0.2, 0.25) is 5.02 Å². The van der Waals surface area contributed by atoms with Gasteiger partial charge in [0.1, 0.15) is 5.01 Å².